The first kappa shape index (κ1) is 14.2. The maximum Gasteiger partial charge on any atom is 0.251 e. The topological polar surface area (TPSA) is 63.2 Å². The van der Waals surface area contributed by atoms with E-state index in [1.165, 1.54) is 24.3 Å². The fourth-order valence-corrected chi connectivity index (χ4v) is 1.98. The third-order valence-electron chi connectivity index (χ3n) is 2.09. The molecule has 94 valence electrons. The van der Waals surface area contributed by atoms with Gasteiger partial charge in [0.1, 0.15) is 0 Å². The zero-order valence-corrected chi connectivity index (χ0v) is 12.0. The summed E-state index contributed by atoms with van der Waals surface area (Å²) in [5.74, 6) is -0.212. The molecular weight excluding hydrogens is 306 g/mol. The van der Waals surface area contributed by atoms with Crippen molar-refractivity contribution in [2.45, 2.75) is 16.6 Å². The van der Waals surface area contributed by atoms with Crippen molar-refractivity contribution in [3.63, 3.8) is 0 Å². The summed E-state index contributed by atoms with van der Waals surface area (Å²) in [6, 6.07) is 5.87. The Morgan fingerprint density at radius 3 is 2.29 bits per heavy atom. The van der Waals surface area contributed by atoms with Gasteiger partial charge in [-0.1, -0.05) is 22.9 Å². The quantitative estimate of drug-likeness (QED) is 0.857. The summed E-state index contributed by atoms with van der Waals surface area (Å²) < 4.78 is 22.4. The molecule has 0 fully saturated rings. The molecule has 1 N–H and O–H groups in total. The number of nitrogens with one attached hydrogen (secondary N) is 1. The molecule has 0 aromatic heterocycles. The molecule has 1 aromatic rings. The molecule has 0 radical (unpaired) electrons. The van der Waals surface area contributed by atoms with E-state index in [4.69, 9.17) is 0 Å². The van der Waals surface area contributed by atoms with Gasteiger partial charge >= 0.3 is 0 Å². The average molecular weight is 320 g/mol. The minimum Gasteiger partial charge on any atom is -0.351 e. The van der Waals surface area contributed by atoms with Crippen molar-refractivity contribution >= 4 is 31.7 Å². The van der Waals surface area contributed by atoms with Gasteiger partial charge in [-0.15, -0.1) is 0 Å². The number of carbonyl (C=O) groups is 1. The minimum absolute atomic E-state index is 0.196. The second-order valence-corrected chi connectivity index (χ2v) is 7.37. The highest BCUT2D eigenvalue weighted by Gasteiger charge is 2.09. The Hall–Kier alpha value is -0.880. The summed E-state index contributed by atoms with van der Waals surface area (Å²) in [5.41, 5.74) is 0.450. The summed E-state index contributed by atoms with van der Waals surface area (Å²) >= 11 is 3.32. The van der Waals surface area contributed by atoms with E-state index in [1.807, 2.05) is 6.92 Å². The highest BCUT2D eigenvalue weighted by Crippen LogP contribution is 2.10. The Labute approximate surface area is 109 Å². The Morgan fingerprint density at radius 1 is 1.35 bits per heavy atom. The van der Waals surface area contributed by atoms with E-state index in [1.54, 1.807) is 0 Å². The van der Waals surface area contributed by atoms with Crippen molar-refractivity contribution < 1.29 is 13.2 Å². The molecule has 0 aliphatic rings. The average Bonchev–Trinajstić information content (AvgIpc) is 2.25. The molecule has 0 heterocycles. The van der Waals surface area contributed by atoms with Crippen LogP contribution in [-0.2, 0) is 9.84 Å². The van der Waals surface area contributed by atoms with E-state index >= 15 is 0 Å². The van der Waals surface area contributed by atoms with Crippen molar-refractivity contribution in [1.82, 2.24) is 5.32 Å². The molecule has 1 atom stereocenters. The smallest absolute Gasteiger partial charge is 0.251 e. The highest BCUT2D eigenvalue weighted by atomic mass is 79.9. The van der Waals surface area contributed by atoms with Gasteiger partial charge < -0.3 is 5.32 Å². The van der Waals surface area contributed by atoms with Crippen LogP contribution in [0.5, 0.6) is 0 Å². The number of amides is 1. The van der Waals surface area contributed by atoms with Crippen molar-refractivity contribution in [3.05, 3.63) is 29.8 Å². The number of sulfone groups is 1. The van der Waals surface area contributed by atoms with Crippen LogP contribution in [0.15, 0.2) is 29.2 Å². The fraction of sp³-hybridized carbons (Fsp3) is 0.364. The number of carbonyl (C=O) groups excluding carboxylic acids is 1. The lowest BCUT2D eigenvalue weighted by Crippen LogP contribution is -2.28. The first-order valence-corrected chi connectivity index (χ1v) is 7.84. The SMILES string of the molecule is CC(Br)CNC(=O)c1ccc(S(C)(=O)=O)cc1. The van der Waals surface area contributed by atoms with Crippen LogP contribution < -0.4 is 5.32 Å². The van der Waals surface area contributed by atoms with Gasteiger partial charge in [0.05, 0.1) is 4.90 Å². The maximum absolute atomic E-state index is 11.6. The molecule has 6 heteroatoms. The Kier molecular flexibility index (Phi) is 4.70. The van der Waals surface area contributed by atoms with Crippen molar-refractivity contribution in [2.24, 2.45) is 0 Å². The van der Waals surface area contributed by atoms with Gasteiger partial charge in [0.2, 0.25) is 0 Å². The first-order chi connectivity index (χ1) is 7.80. The van der Waals surface area contributed by atoms with Gasteiger partial charge in [-0.2, -0.15) is 0 Å². The van der Waals surface area contributed by atoms with Gasteiger partial charge in [-0.3, -0.25) is 4.79 Å². The van der Waals surface area contributed by atoms with E-state index in [2.05, 4.69) is 21.2 Å². The summed E-state index contributed by atoms with van der Waals surface area (Å²) in [7, 11) is -3.21. The Balaban J connectivity index is 2.78. The molecule has 4 nitrogen and oxygen atoms in total. The van der Waals surface area contributed by atoms with Crippen molar-refractivity contribution in [3.8, 4) is 0 Å². The van der Waals surface area contributed by atoms with E-state index in [9.17, 15) is 13.2 Å². The molecular formula is C11H14BrNO3S. The van der Waals surface area contributed by atoms with E-state index in [-0.39, 0.29) is 15.6 Å². The summed E-state index contributed by atoms with van der Waals surface area (Å²) in [4.78, 5) is 12.0. The molecule has 0 aliphatic heterocycles. The van der Waals surface area contributed by atoms with Crippen LogP contribution in [0.4, 0.5) is 0 Å². The van der Waals surface area contributed by atoms with E-state index < -0.39 is 9.84 Å². The molecule has 1 unspecified atom stereocenters. The summed E-state index contributed by atoms with van der Waals surface area (Å²) in [6.45, 7) is 2.44. The zero-order valence-electron chi connectivity index (χ0n) is 9.60. The fourth-order valence-electron chi connectivity index (χ4n) is 1.19. The van der Waals surface area contributed by atoms with Gasteiger partial charge in [-0.25, -0.2) is 8.42 Å². The van der Waals surface area contributed by atoms with E-state index in [0.29, 0.717) is 12.1 Å². The van der Waals surface area contributed by atoms with Gasteiger partial charge in [-0.05, 0) is 24.3 Å². The van der Waals surface area contributed by atoms with Crippen molar-refractivity contribution in [1.29, 1.82) is 0 Å². The minimum atomic E-state index is -3.21. The molecule has 0 bridgehead atoms. The van der Waals surface area contributed by atoms with Gasteiger partial charge in [0.25, 0.3) is 5.91 Å². The normalized spacial score (nSPS) is 13.1. The largest absolute Gasteiger partial charge is 0.351 e. The Bertz CT molecular complexity index is 494. The maximum atomic E-state index is 11.6. The van der Waals surface area contributed by atoms with Crippen LogP contribution in [0.1, 0.15) is 17.3 Å². The summed E-state index contributed by atoms with van der Waals surface area (Å²) in [5, 5.41) is 2.72. The van der Waals surface area contributed by atoms with Crippen LogP contribution in [-0.4, -0.2) is 32.0 Å². The molecule has 1 rings (SSSR count). The number of hydrogen-bond acceptors (Lipinski definition) is 3. The molecule has 0 saturated carbocycles. The highest BCUT2D eigenvalue weighted by molar-refractivity contribution is 9.09. The molecule has 0 spiro atoms. The van der Waals surface area contributed by atoms with Gasteiger partial charge in [0.15, 0.2) is 9.84 Å². The van der Waals surface area contributed by atoms with Gasteiger partial charge in [0, 0.05) is 23.2 Å². The van der Waals surface area contributed by atoms with Crippen LogP contribution in [0.25, 0.3) is 0 Å². The number of benzene rings is 1. The van der Waals surface area contributed by atoms with Crippen LogP contribution in [0.2, 0.25) is 0 Å². The third-order valence-corrected chi connectivity index (χ3v) is 3.54. The number of alkyl halides is 1. The zero-order chi connectivity index (χ0) is 13.1. The number of halogens is 1. The monoisotopic (exact) mass is 319 g/mol. The summed E-state index contributed by atoms with van der Waals surface area (Å²) in [6.07, 6.45) is 1.13. The molecule has 0 saturated heterocycles. The lowest BCUT2D eigenvalue weighted by Gasteiger charge is -2.07. The van der Waals surface area contributed by atoms with Crippen LogP contribution in [0.3, 0.4) is 0 Å². The molecule has 1 amide bonds. The lowest BCUT2D eigenvalue weighted by atomic mass is 10.2. The number of rotatable bonds is 4. The van der Waals surface area contributed by atoms with Crippen molar-refractivity contribution in [2.75, 3.05) is 12.8 Å². The molecule has 17 heavy (non-hydrogen) atoms. The Morgan fingerprint density at radius 2 is 1.88 bits per heavy atom. The first-order valence-electron chi connectivity index (χ1n) is 5.03. The third kappa shape index (κ3) is 4.47. The second kappa shape index (κ2) is 5.64. The predicted octanol–water partition coefficient (Wildman–Crippen LogP) is 1.60. The lowest BCUT2D eigenvalue weighted by molar-refractivity contribution is 0.0954. The predicted molar refractivity (Wildman–Crippen MR) is 70.3 cm³/mol. The standard InChI is InChI=1S/C11H14BrNO3S/c1-8(12)7-13-11(14)9-3-5-10(6-4-9)17(2,15)16/h3-6,8H,7H2,1-2H3,(H,13,14). The molecule has 0 aliphatic carbocycles. The number of hydrogen-bond donors (Lipinski definition) is 1. The molecule has 1 aromatic carbocycles. The van der Waals surface area contributed by atoms with Crippen LogP contribution in [0, 0.1) is 0 Å². The second-order valence-electron chi connectivity index (χ2n) is 3.79. The van der Waals surface area contributed by atoms with E-state index in [0.717, 1.165) is 6.26 Å². The van der Waals surface area contributed by atoms with Crippen LogP contribution >= 0.6 is 15.9 Å².